The average Bonchev–Trinajstić information content (AvgIpc) is 2.39. The highest BCUT2D eigenvalue weighted by Gasteiger charge is 2.14. The molecule has 0 aromatic heterocycles. The van der Waals surface area contributed by atoms with Crippen LogP contribution in [0.5, 0.6) is 0 Å². The molecule has 0 rings (SSSR count). The van der Waals surface area contributed by atoms with Crippen LogP contribution in [0.1, 0.15) is 33.6 Å². The van der Waals surface area contributed by atoms with Gasteiger partial charge >= 0.3 is 0 Å². The Hall–Kier alpha value is -0.160. The lowest BCUT2D eigenvalue weighted by Gasteiger charge is -2.23. The van der Waals surface area contributed by atoms with Crippen LogP contribution in [-0.4, -0.2) is 52.7 Å². The molecule has 0 fully saturated rings. The highest BCUT2D eigenvalue weighted by atomic mass is 16.5. The largest absolute Gasteiger partial charge is 0.385 e. The fourth-order valence-corrected chi connectivity index (χ4v) is 1.71. The van der Waals surface area contributed by atoms with E-state index < -0.39 is 0 Å². The highest BCUT2D eigenvalue weighted by Crippen LogP contribution is 2.07. The van der Waals surface area contributed by atoms with Crippen LogP contribution in [0.2, 0.25) is 0 Å². The summed E-state index contributed by atoms with van der Waals surface area (Å²) in [5.41, 5.74) is 0. The van der Waals surface area contributed by atoms with Crippen molar-refractivity contribution >= 4 is 0 Å². The van der Waals surface area contributed by atoms with E-state index in [0.29, 0.717) is 25.2 Å². The quantitative estimate of drug-likeness (QED) is 0.515. The molecule has 0 radical (unpaired) electrons. The summed E-state index contributed by atoms with van der Waals surface area (Å²) in [5, 5.41) is 3.47. The third-order valence-electron chi connectivity index (χ3n) is 3.10. The number of hydrogen-bond acceptors (Lipinski definition) is 4. The van der Waals surface area contributed by atoms with Crippen molar-refractivity contribution in [3.05, 3.63) is 0 Å². The third-order valence-corrected chi connectivity index (χ3v) is 3.10. The van der Waals surface area contributed by atoms with Crippen molar-refractivity contribution in [3.8, 4) is 0 Å². The van der Waals surface area contributed by atoms with Gasteiger partial charge in [-0.1, -0.05) is 27.2 Å². The Morgan fingerprint density at radius 1 is 1.00 bits per heavy atom. The second kappa shape index (κ2) is 13.3. The molecule has 110 valence electrons. The first kappa shape index (κ1) is 17.8. The van der Waals surface area contributed by atoms with Gasteiger partial charge in [-0.25, -0.2) is 0 Å². The molecule has 0 aromatic rings. The Labute approximate surface area is 112 Å². The predicted octanol–water partition coefficient (Wildman–Crippen LogP) is 2.08. The molecule has 0 aliphatic heterocycles. The van der Waals surface area contributed by atoms with E-state index in [9.17, 15) is 0 Å². The molecule has 2 atom stereocenters. The summed E-state index contributed by atoms with van der Waals surface area (Å²) < 4.78 is 16.0. The Balaban J connectivity index is 3.43. The van der Waals surface area contributed by atoms with Crippen LogP contribution < -0.4 is 5.32 Å². The summed E-state index contributed by atoms with van der Waals surface area (Å²) in [6.45, 7) is 11.2. The van der Waals surface area contributed by atoms with E-state index in [0.717, 1.165) is 32.8 Å². The molecule has 2 unspecified atom stereocenters. The maximum atomic E-state index is 5.66. The monoisotopic (exact) mass is 261 g/mol. The van der Waals surface area contributed by atoms with E-state index in [1.54, 1.807) is 7.11 Å². The Morgan fingerprint density at radius 3 is 2.33 bits per heavy atom. The second-order valence-electron chi connectivity index (χ2n) is 4.58. The van der Waals surface area contributed by atoms with Crippen molar-refractivity contribution in [3.63, 3.8) is 0 Å². The van der Waals surface area contributed by atoms with Crippen molar-refractivity contribution in [2.24, 2.45) is 5.92 Å². The molecule has 0 saturated heterocycles. The summed E-state index contributed by atoms with van der Waals surface area (Å²) in [6.07, 6.45) is 2.12. The zero-order valence-corrected chi connectivity index (χ0v) is 12.5. The number of rotatable bonds is 13. The third kappa shape index (κ3) is 9.83. The predicted molar refractivity (Wildman–Crippen MR) is 75.1 cm³/mol. The van der Waals surface area contributed by atoms with Gasteiger partial charge < -0.3 is 19.5 Å². The zero-order chi connectivity index (χ0) is 13.6. The Kier molecular flexibility index (Phi) is 13.2. The Bertz CT molecular complexity index is 167. The summed E-state index contributed by atoms with van der Waals surface area (Å²) in [7, 11) is 1.71. The molecule has 0 saturated carbocycles. The van der Waals surface area contributed by atoms with Gasteiger partial charge in [-0.3, -0.25) is 0 Å². The standard InChI is InChI=1S/C14H31NO3/c1-5-13(3)14(15-6-2)12-18-11-10-17-9-7-8-16-4/h13-15H,5-12H2,1-4H3. The topological polar surface area (TPSA) is 39.7 Å². The lowest BCUT2D eigenvalue weighted by molar-refractivity contribution is 0.0274. The first-order valence-electron chi connectivity index (χ1n) is 7.14. The maximum absolute atomic E-state index is 5.66. The van der Waals surface area contributed by atoms with Crippen LogP contribution in [0, 0.1) is 5.92 Å². The van der Waals surface area contributed by atoms with E-state index >= 15 is 0 Å². The Morgan fingerprint density at radius 2 is 1.72 bits per heavy atom. The van der Waals surface area contributed by atoms with Gasteiger partial charge in [0.2, 0.25) is 0 Å². The molecule has 0 aliphatic carbocycles. The van der Waals surface area contributed by atoms with Gasteiger partial charge in [-0.2, -0.15) is 0 Å². The van der Waals surface area contributed by atoms with Gasteiger partial charge in [0.1, 0.15) is 0 Å². The summed E-state index contributed by atoms with van der Waals surface area (Å²) in [6, 6.07) is 0.452. The van der Waals surface area contributed by atoms with Crippen molar-refractivity contribution in [2.45, 2.75) is 39.7 Å². The molecule has 4 nitrogen and oxygen atoms in total. The van der Waals surface area contributed by atoms with Gasteiger partial charge in [-0.05, 0) is 18.9 Å². The fraction of sp³-hybridized carbons (Fsp3) is 1.00. The molecule has 0 aromatic carbocycles. The first-order chi connectivity index (χ1) is 8.76. The van der Waals surface area contributed by atoms with Crippen molar-refractivity contribution in [1.29, 1.82) is 0 Å². The summed E-state index contributed by atoms with van der Waals surface area (Å²) in [4.78, 5) is 0. The summed E-state index contributed by atoms with van der Waals surface area (Å²) in [5.74, 6) is 0.646. The smallest absolute Gasteiger partial charge is 0.0701 e. The molecule has 0 bridgehead atoms. The van der Waals surface area contributed by atoms with Crippen LogP contribution in [0.25, 0.3) is 0 Å². The molecule has 0 heterocycles. The number of hydrogen-bond donors (Lipinski definition) is 1. The summed E-state index contributed by atoms with van der Waals surface area (Å²) >= 11 is 0. The molecule has 4 heteroatoms. The van der Waals surface area contributed by atoms with Crippen molar-refractivity contribution in [1.82, 2.24) is 5.32 Å². The van der Waals surface area contributed by atoms with E-state index in [-0.39, 0.29) is 0 Å². The van der Waals surface area contributed by atoms with Gasteiger partial charge in [0, 0.05) is 26.4 Å². The van der Waals surface area contributed by atoms with E-state index in [2.05, 4.69) is 26.1 Å². The van der Waals surface area contributed by atoms with Gasteiger partial charge in [-0.15, -0.1) is 0 Å². The van der Waals surface area contributed by atoms with Crippen LogP contribution in [0.15, 0.2) is 0 Å². The molecule has 0 spiro atoms. The van der Waals surface area contributed by atoms with Crippen LogP contribution in [-0.2, 0) is 14.2 Å². The highest BCUT2D eigenvalue weighted by molar-refractivity contribution is 4.71. The van der Waals surface area contributed by atoms with E-state index in [1.807, 2.05) is 0 Å². The van der Waals surface area contributed by atoms with Gasteiger partial charge in [0.25, 0.3) is 0 Å². The number of methoxy groups -OCH3 is 1. The lowest BCUT2D eigenvalue weighted by atomic mass is 10.00. The molecular formula is C14H31NO3. The molecular weight excluding hydrogens is 230 g/mol. The van der Waals surface area contributed by atoms with Crippen LogP contribution in [0.4, 0.5) is 0 Å². The van der Waals surface area contributed by atoms with Gasteiger partial charge in [0.15, 0.2) is 0 Å². The van der Waals surface area contributed by atoms with Crippen LogP contribution in [0.3, 0.4) is 0 Å². The van der Waals surface area contributed by atoms with Gasteiger partial charge in [0.05, 0.1) is 19.8 Å². The molecule has 0 amide bonds. The van der Waals surface area contributed by atoms with E-state index in [1.165, 1.54) is 6.42 Å². The van der Waals surface area contributed by atoms with Crippen molar-refractivity contribution < 1.29 is 14.2 Å². The minimum Gasteiger partial charge on any atom is -0.385 e. The second-order valence-corrected chi connectivity index (χ2v) is 4.58. The fourth-order valence-electron chi connectivity index (χ4n) is 1.71. The van der Waals surface area contributed by atoms with Crippen LogP contribution >= 0.6 is 0 Å². The lowest BCUT2D eigenvalue weighted by Crippen LogP contribution is -2.39. The van der Waals surface area contributed by atoms with E-state index in [4.69, 9.17) is 14.2 Å². The molecule has 0 aliphatic rings. The average molecular weight is 261 g/mol. The SMILES string of the molecule is CCNC(COCCOCCCOC)C(C)CC. The number of ether oxygens (including phenoxy) is 3. The zero-order valence-electron chi connectivity index (χ0n) is 12.5. The minimum atomic E-state index is 0.452. The minimum absolute atomic E-state index is 0.452. The number of likely N-dealkylation sites (N-methyl/N-ethyl adjacent to an activating group) is 1. The molecule has 1 N–H and O–H groups in total. The normalized spacial score (nSPS) is 14.7. The maximum Gasteiger partial charge on any atom is 0.0701 e. The number of nitrogens with one attached hydrogen (secondary N) is 1. The van der Waals surface area contributed by atoms with Crippen molar-refractivity contribution in [2.75, 3.05) is 46.7 Å². The molecule has 18 heavy (non-hydrogen) atoms. The first-order valence-corrected chi connectivity index (χ1v) is 7.14.